The maximum atomic E-state index is 13.3. The number of halogens is 1. The van der Waals surface area contributed by atoms with Crippen molar-refractivity contribution in [1.82, 2.24) is 15.5 Å². The molecule has 2 heterocycles. The zero-order valence-electron chi connectivity index (χ0n) is 15.8. The number of amides is 2. The van der Waals surface area contributed by atoms with Gasteiger partial charge in [0, 0.05) is 18.8 Å². The van der Waals surface area contributed by atoms with Crippen molar-refractivity contribution in [3.8, 4) is 0 Å². The molecule has 3 atom stereocenters. The Bertz CT molecular complexity index is 663. The molecule has 0 radical (unpaired) electrons. The first-order valence-corrected chi connectivity index (χ1v) is 9.84. The number of benzene rings is 1. The second-order valence-electron chi connectivity index (χ2n) is 7.57. The van der Waals surface area contributed by atoms with Gasteiger partial charge in [0.25, 0.3) is 0 Å². The topological polar surface area (TPSA) is 73.5 Å². The van der Waals surface area contributed by atoms with Crippen molar-refractivity contribution in [3.05, 3.63) is 30.1 Å². The quantitative estimate of drug-likeness (QED) is 0.707. The molecule has 0 saturated carbocycles. The van der Waals surface area contributed by atoms with E-state index >= 15 is 0 Å². The molecule has 0 aromatic heterocycles. The third kappa shape index (κ3) is 5.49. The lowest BCUT2D eigenvalue weighted by atomic mass is 9.96. The van der Waals surface area contributed by atoms with E-state index in [0.29, 0.717) is 18.2 Å². The van der Waals surface area contributed by atoms with Crippen LogP contribution in [0, 0.1) is 11.7 Å². The highest BCUT2D eigenvalue weighted by Gasteiger charge is 2.28. The molecule has 2 aliphatic heterocycles. The molecule has 0 aliphatic carbocycles. The van der Waals surface area contributed by atoms with Crippen molar-refractivity contribution in [2.24, 2.45) is 5.92 Å². The molecule has 1 aromatic rings. The van der Waals surface area contributed by atoms with Gasteiger partial charge in [0.05, 0.1) is 12.1 Å². The summed E-state index contributed by atoms with van der Waals surface area (Å²) in [5.74, 6) is -0.0820. The van der Waals surface area contributed by atoms with Crippen molar-refractivity contribution < 1.29 is 14.0 Å². The van der Waals surface area contributed by atoms with Gasteiger partial charge in [0.15, 0.2) is 0 Å². The molecule has 1 aromatic carbocycles. The zero-order chi connectivity index (χ0) is 19.2. The normalized spacial score (nSPS) is 24.4. The molecule has 3 unspecified atom stereocenters. The highest BCUT2D eigenvalue weighted by molar-refractivity contribution is 5.94. The smallest absolute Gasteiger partial charge is 0.241 e. The molecule has 2 amide bonds. The monoisotopic (exact) mass is 376 g/mol. The third-order valence-electron chi connectivity index (χ3n) is 5.51. The van der Waals surface area contributed by atoms with E-state index in [0.717, 1.165) is 45.3 Å². The Labute approximate surface area is 159 Å². The highest BCUT2D eigenvalue weighted by Crippen LogP contribution is 2.19. The van der Waals surface area contributed by atoms with Crippen molar-refractivity contribution in [3.63, 3.8) is 0 Å². The maximum Gasteiger partial charge on any atom is 0.241 e. The summed E-state index contributed by atoms with van der Waals surface area (Å²) in [5, 5.41) is 9.05. The number of anilines is 1. The Balaban J connectivity index is 1.47. The van der Waals surface area contributed by atoms with Crippen LogP contribution in [-0.2, 0) is 9.59 Å². The van der Waals surface area contributed by atoms with Gasteiger partial charge in [-0.3, -0.25) is 14.5 Å². The molecule has 0 spiro atoms. The average molecular weight is 376 g/mol. The standard InChI is InChI=1S/C20H29FN4O2/c1-14(19(26)24-17-7-2-6-16(21)11-17)25-10-4-5-15(13-25)12-23-20(27)18-8-3-9-22-18/h2,6-7,11,14-15,18,22H,3-5,8-10,12-13H2,1H3,(H,23,27)(H,24,26). The van der Waals surface area contributed by atoms with Gasteiger partial charge in [-0.2, -0.15) is 0 Å². The molecule has 7 heteroatoms. The summed E-state index contributed by atoms with van der Waals surface area (Å²) in [6.45, 7) is 5.06. The van der Waals surface area contributed by atoms with E-state index in [1.54, 1.807) is 12.1 Å². The fourth-order valence-corrected chi connectivity index (χ4v) is 3.87. The SMILES string of the molecule is CC(C(=O)Nc1cccc(F)c1)N1CCCC(CNC(=O)C2CCCN2)C1. The molecule has 6 nitrogen and oxygen atoms in total. The predicted molar refractivity (Wildman–Crippen MR) is 103 cm³/mol. The van der Waals surface area contributed by atoms with Crippen LogP contribution in [0.3, 0.4) is 0 Å². The van der Waals surface area contributed by atoms with Crippen LogP contribution in [0.5, 0.6) is 0 Å². The summed E-state index contributed by atoms with van der Waals surface area (Å²) in [4.78, 5) is 26.8. The number of piperidine rings is 1. The lowest BCUT2D eigenvalue weighted by Gasteiger charge is -2.36. The van der Waals surface area contributed by atoms with Crippen LogP contribution in [0.4, 0.5) is 10.1 Å². The Hall–Kier alpha value is -1.99. The summed E-state index contributed by atoms with van der Waals surface area (Å²) in [5.41, 5.74) is 0.469. The highest BCUT2D eigenvalue weighted by atomic mass is 19.1. The Morgan fingerprint density at radius 2 is 2.19 bits per heavy atom. The minimum Gasteiger partial charge on any atom is -0.354 e. The van der Waals surface area contributed by atoms with E-state index < -0.39 is 0 Å². The van der Waals surface area contributed by atoms with Gasteiger partial charge >= 0.3 is 0 Å². The van der Waals surface area contributed by atoms with E-state index in [4.69, 9.17) is 0 Å². The summed E-state index contributed by atoms with van der Waals surface area (Å²) in [7, 11) is 0. The summed E-state index contributed by atoms with van der Waals surface area (Å²) < 4.78 is 13.3. The Morgan fingerprint density at radius 3 is 2.93 bits per heavy atom. The number of hydrogen-bond donors (Lipinski definition) is 3. The van der Waals surface area contributed by atoms with E-state index in [1.807, 2.05) is 6.92 Å². The van der Waals surface area contributed by atoms with Crippen molar-refractivity contribution >= 4 is 17.5 Å². The lowest BCUT2D eigenvalue weighted by Crippen LogP contribution is -2.50. The maximum absolute atomic E-state index is 13.3. The molecule has 3 N–H and O–H groups in total. The fourth-order valence-electron chi connectivity index (χ4n) is 3.87. The largest absolute Gasteiger partial charge is 0.354 e. The molecule has 0 bridgehead atoms. The average Bonchev–Trinajstić information content (AvgIpc) is 3.20. The third-order valence-corrected chi connectivity index (χ3v) is 5.51. The van der Waals surface area contributed by atoms with E-state index in [-0.39, 0.29) is 29.7 Å². The van der Waals surface area contributed by atoms with Crippen molar-refractivity contribution in [2.45, 2.75) is 44.7 Å². The Morgan fingerprint density at radius 1 is 1.33 bits per heavy atom. The number of hydrogen-bond acceptors (Lipinski definition) is 4. The molecule has 27 heavy (non-hydrogen) atoms. The number of carbonyl (C=O) groups excluding carboxylic acids is 2. The van der Waals surface area contributed by atoms with E-state index in [2.05, 4.69) is 20.9 Å². The van der Waals surface area contributed by atoms with Crippen LogP contribution in [0.25, 0.3) is 0 Å². The number of likely N-dealkylation sites (tertiary alicyclic amines) is 1. The van der Waals surface area contributed by atoms with Crippen LogP contribution < -0.4 is 16.0 Å². The number of carbonyl (C=O) groups is 2. The summed E-state index contributed by atoms with van der Waals surface area (Å²) >= 11 is 0. The van der Waals surface area contributed by atoms with Gasteiger partial charge in [-0.1, -0.05) is 6.07 Å². The van der Waals surface area contributed by atoms with Crippen LogP contribution in [0.1, 0.15) is 32.6 Å². The minimum absolute atomic E-state index is 0.0549. The van der Waals surface area contributed by atoms with Crippen LogP contribution in [0.15, 0.2) is 24.3 Å². The Kier molecular flexibility index (Phi) is 6.79. The second kappa shape index (κ2) is 9.28. The van der Waals surface area contributed by atoms with Crippen LogP contribution in [0.2, 0.25) is 0 Å². The van der Waals surface area contributed by atoms with Gasteiger partial charge in [0.2, 0.25) is 11.8 Å². The first-order chi connectivity index (χ1) is 13.0. The molecule has 2 saturated heterocycles. The van der Waals surface area contributed by atoms with Gasteiger partial charge in [-0.05, 0) is 69.8 Å². The molecular weight excluding hydrogens is 347 g/mol. The minimum atomic E-state index is -0.369. The first kappa shape index (κ1) is 19.8. The number of nitrogens with zero attached hydrogens (tertiary/aromatic N) is 1. The molecule has 3 rings (SSSR count). The second-order valence-corrected chi connectivity index (χ2v) is 7.57. The molecule has 2 aliphatic rings. The summed E-state index contributed by atoms with van der Waals surface area (Å²) in [6.07, 6.45) is 4.00. The number of rotatable bonds is 6. The lowest BCUT2D eigenvalue weighted by molar-refractivity contribution is -0.124. The van der Waals surface area contributed by atoms with Crippen LogP contribution >= 0.6 is 0 Å². The molecule has 2 fully saturated rings. The van der Waals surface area contributed by atoms with Crippen molar-refractivity contribution in [1.29, 1.82) is 0 Å². The van der Waals surface area contributed by atoms with Gasteiger partial charge in [-0.15, -0.1) is 0 Å². The van der Waals surface area contributed by atoms with Gasteiger partial charge < -0.3 is 16.0 Å². The summed E-state index contributed by atoms with van der Waals surface area (Å²) in [6, 6.07) is 5.57. The predicted octanol–water partition coefficient (Wildman–Crippen LogP) is 1.73. The molecular formula is C20H29FN4O2. The fraction of sp³-hybridized carbons (Fsp3) is 0.600. The van der Waals surface area contributed by atoms with Gasteiger partial charge in [-0.25, -0.2) is 4.39 Å². The van der Waals surface area contributed by atoms with Gasteiger partial charge in [0.1, 0.15) is 5.82 Å². The van der Waals surface area contributed by atoms with Crippen LogP contribution in [-0.4, -0.2) is 55.0 Å². The van der Waals surface area contributed by atoms with E-state index in [1.165, 1.54) is 12.1 Å². The van der Waals surface area contributed by atoms with Crippen molar-refractivity contribution in [2.75, 3.05) is 31.5 Å². The zero-order valence-corrected chi connectivity index (χ0v) is 15.8. The molecule has 148 valence electrons. The van der Waals surface area contributed by atoms with E-state index in [9.17, 15) is 14.0 Å². The number of nitrogens with one attached hydrogen (secondary N) is 3. The first-order valence-electron chi connectivity index (χ1n) is 9.84.